The first kappa shape index (κ1) is 10.1. The summed E-state index contributed by atoms with van der Waals surface area (Å²) >= 11 is 0. The molecule has 1 aliphatic rings. The number of hydrogen-bond acceptors (Lipinski definition) is 2. The third-order valence-electron chi connectivity index (χ3n) is 1.84. The summed E-state index contributed by atoms with van der Waals surface area (Å²) in [6, 6.07) is 0. The van der Waals surface area contributed by atoms with Gasteiger partial charge in [0.15, 0.2) is 0 Å². The maximum absolute atomic E-state index is 10.2. The molecule has 64 valence electrons. The summed E-state index contributed by atoms with van der Waals surface area (Å²) in [6.07, 6.45) is 7.27. The van der Waals surface area contributed by atoms with Crippen LogP contribution in [0.25, 0.3) is 0 Å². The maximum Gasteiger partial charge on any atom is 0.290 e. The molecule has 0 amide bonds. The van der Waals surface area contributed by atoms with Gasteiger partial charge in [-0.05, 0) is 12.8 Å². The molecule has 0 radical (unpaired) electrons. The fraction of sp³-hybridized carbons (Fsp3) is 0.750. The van der Waals surface area contributed by atoms with E-state index >= 15 is 0 Å². The van der Waals surface area contributed by atoms with Gasteiger partial charge in [0.05, 0.1) is 0 Å². The second-order valence-corrected chi connectivity index (χ2v) is 2.64. The van der Waals surface area contributed by atoms with Crippen LogP contribution in [0.1, 0.15) is 32.1 Å². The molecule has 1 N–H and O–H groups in total. The summed E-state index contributed by atoms with van der Waals surface area (Å²) in [5.41, 5.74) is 0. The highest BCUT2D eigenvalue weighted by Gasteiger charge is 2.10. The van der Waals surface area contributed by atoms with Gasteiger partial charge in [0, 0.05) is 5.92 Å². The molecule has 0 unspecified atom stereocenters. The Balaban J connectivity index is 0.000000292. The van der Waals surface area contributed by atoms with Gasteiger partial charge >= 0.3 is 0 Å². The van der Waals surface area contributed by atoms with E-state index in [1.165, 1.54) is 19.3 Å². The normalized spacial score (nSPS) is 17.8. The lowest BCUT2D eigenvalue weighted by molar-refractivity contribution is -0.122. The van der Waals surface area contributed by atoms with Gasteiger partial charge in [-0.2, -0.15) is 0 Å². The van der Waals surface area contributed by atoms with Gasteiger partial charge in [-0.1, -0.05) is 19.3 Å². The summed E-state index contributed by atoms with van der Waals surface area (Å²) in [5.74, 6) is 0.406. The van der Waals surface area contributed by atoms with Crippen molar-refractivity contribution in [2.75, 3.05) is 0 Å². The Morgan fingerprint density at radius 1 is 1.09 bits per heavy atom. The average Bonchev–Trinajstić information content (AvgIpc) is 2.08. The van der Waals surface area contributed by atoms with Crippen LogP contribution in [0, 0.1) is 5.92 Å². The zero-order chi connectivity index (χ0) is 8.53. The predicted octanol–water partition coefficient (Wildman–Crippen LogP) is 1.47. The third kappa shape index (κ3) is 5.58. The van der Waals surface area contributed by atoms with Crippen LogP contribution in [0.3, 0.4) is 0 Å². The zero-order valence-corrected chi connectivity index (χ0v) is 6.53. The Morgan fingerprint density at radius 3 is 1.82 bits per heavy atom. The van der Waals surface area contributed by atoms with Gasteiger partial charge < -0.3 is 9.90 Å². The summed E-state index contributed by atoms with van der Waals surface area (Å²) < 4.78 is 0. The van der Waals surface area contributed by atoms with Crippen molar-refractivity contribution in [2.24, 2.45) is 5.92 Å². The number of carbonyl (C=O) groups is 2. The van der Waals surface area contributed by atoms with Crippen molar-refractivity contribution in [3.8, 4) is 0 Å². The molecule has 0 aliphatic heterocycles. The van der Waals surface area contributed by atoms with Gasteiger partial charge in [-0.15, -0.1) is 0 Å². The van der Waals surface area contributed by atoms with Gasteiger partial charge in [0.25, 0.3) is 6.47 Å². The van der Waals surface area contributed by atoms with Crippen LogP contribution in [0.2, 0.25) is 0 Å². The lowest BCUT2D eigenvalue weighted by atomic mass is 9.91. The molecule has 0 spiro atoms. The standard InChI is InChI=1S/C7H12O.CH2O2/c8-6-7-4-2-1-3-5-7;2-1-3/h6-7H,1-5H2;1H,(H,2,3). The van der Waals surface area contributed by atoms with Crippen LogP contribution >= 0.6 is 0 Å². The molecular formula is C8H14O3. The summed E-state index contributed by atoms with van der Waals surface area (Å²) in [5, 5.41) is 6.89. The molecule has 0 aromatic carbocycles. The van der Waals surface area contributed by atoms with E-state index in [0.29, 0.717) is 5.92 Å². The molecule has 3 heteroatoms. The van der Waals surface area contributed by atoms with Crippen molar-refractivity contribution >= 4 is 12.8 Å². The molecule has 0 aromatic heterocycles. The molecule has 0 heterocycles. The first-order valence-electron chi connectivity index (χ1n) is 3.88. The topological polar surface area (TPSA) is 54.4 Å². The molecule has 1 fully saturated rings. The van der Waals surface area contributed by atoms with E-state index in [1.807, 2.05) is 0 Å². The SMILES string of the molecule is O=CC1CCCCC1.O=CO. The quantitative estimate of drug-likeness (QED) is 0.588. The van der Waals surface area contributed by atoms with Crippen LogP contribution in [0.5, 0.6) is 0 Å². The van der Waals surface area contributed by atoms with Crippen molar-refractivity contribution < 1.29 is 14.7 Å². The molecule has 1 aliphatic carbocycles. The van der Waals surface area contributed by atoms with Crippen molar-refractivity contribution in [2.45, 2.75) is 32.1 Å². The van der Waals surface area contributed by atoms with E-state index in [2.05, 4.69) is 0 Å². The van der Waals surface area contributed by atoms with Crippen LogP contribution in [0.15, 0.2) is 0 Å². The Morgan fingerprint density at radius 2 is 1.55 bits per heavy atom. The van der Waals surface area contributed by atoms with E-state index < -0.39 is 0 Å². The van der Waals surface area contributed by atoms with E-state index in [0.717, 1.165) is 19.1 Å². The molecule has 0 aromatic rings. The number of carboxylic acid groups (broad SMARTS) is 1. The number of rotatable bonds is 1. The summed E-state index contributed by atoms with van der Waals surface area (Å²) in [6.45, 7) is -0.250. The third-order valence-corrected chi connectivity index (χ3v) is 1.84. The van der Waals surface area contributed by atoms with Crippen molar-refractivity contribution in [3.05, 3.63) is 0 Å². The zero-order valence-electron chi connectivity index (χ0n) is 6.53. The lowest BCUT2D eigenvalue weighted by Gasteiger charge is -2.14. The number of hydrogen-bond donors (Lipinski definition) is 1. The van der Waals surface area contributed by atoms with Crippen LogP contribution < -0.4 is 0 Å². The second kappa shape index (κ2) is 7.25. The van der Waals surface area contributed by atoms with Gasteiger partial charge in [-0.25, -0.2) is 0 Å². The maximum atomic E-state index is 10.2. The highest BCUT2D eigenvalue weighted by molar-refractivity contribution is 5.53. The average molecular weight is 158 g/mol. The molecule has 0 bridgehead atoms. The first-order valence-corrected chi connectivity index (χ1v) is 3.88. The number of aldehydes is 1. The lowest BCUT2D eigenvalue weighted by Crippen LogP contribution is -2.06. The van der Waals surface area contributed by atoms with E-state index in [-0.39, 0.29) is 6.47 Å². The van der Waals surface area contributed by atoms with Crippen LogP contribution in [0.4, 0.5) is 0 Å². The van der Waals surface area contributed by atoms with E-state index in [9.17, 15) is 4.79 Å². The largest absolute Gasteiger partial charge is 0.483 e. The summed E-state index contributed by atoms with van der Waals surface area (Å²) in [4.78, 5) is 18.5. The minimum Gasteiger partial charge on any atom is -0.483 e. The molecule has 1 rings (SSSR count). The summed E-state index contributed by atoms with van der Waals surface area (Å²) in [7, 11) is 0. The highest BCUT2D eigenvalue weighted by atomic mass is 16.3. The Hall–Kier alpha value is -0.860. The van der Waals surface area contributed by atoms with Crippen molar-refractivity contribution in [3.63, 3.8) is 0 Å². The first-order chi connectivity index (χ1) is 5.35. The smallest absolute Gasteiger partial charge is 0.290 e. The van der Waals surface area contributed by atoms with Gasteiger partial charge in [-0.3, -0.25) is 4.79 Å². The fourth-order valence-corrected chi connectivity index (χ4v) is 1.27. The van der Waals surface area contributed by atoms with Crippen molar-refractivity contribution in [1.29, 1.82) is 0 Å². The molecule has 1 saturated carbocycles. The van der Waals surface area contributed by atoms with Gasteiger partial charge in [0.1, 0.15) is 6.29 Å². The second-order valence-electron chi connectivity index (χ2n) is 2.64. The van der Waals surface area contributed by atoms with E-state index in [4.69, 9.17) is 9.90 Å². The van der Waals surface area contributed by atoms with Crippen molar-refractivity contribution in [1.82, 2.24) is 0 Å². The predicted molar refractivity (Wildman–Crippen MR) is 41.3 cm³/mol. The van der Waals surface area contributed by atoms with Crippen LogP contribution in [-0.2, 0) is 9.59 Å². The highest BCUT2D eigenvalue weighted by Crippen LogP contribution is 2.21. The van der Waals surface area contributed by atoms with E-state index in [1.54, 1.807) is 0 Å². The molecule has 3 nitrogen and oxygen atoms in total. The Labute approximate surface area is 66.4 Å². The minimum absolute atomic E-state index is 0.250. The van der Waals surface area contributed by atoms with Crippen LogP contribution in [-0.4, -0.2) is 17.9 Å². The molecular weight excluding hydrogens is 144 g/mol. The van der Waals surface area contributed by atoms with Gasteiger partial charge in [0.2, 0.25) is 0 Å². The minimum atomic E-state index is -0.250. The molecule has 0 saturated heterocycles. The fourth-order valence-electron chi connectivity index (χ4n) is 1.27. The Bertz CT molecular complexity index is 106. The molecule has 11 heavy (non-hydrogen) atoms. The Kier molecular flexibility index (Phi) is 6.68. The monoisotopic (exact) mass is 158 g/mol. The molecule has 0 atom stereocenters. The number of carbonyl (C=O) groups excluding carboxylic acids is 1.